The van der Waals surface area contributed by atoms with Gasteiger partial charge in [-0.25, -0.2) is 4.98 Å². The van der Waals surface area contributed by atoms with Gasteiger partial charge in [0.2, 0.25) is 0 Å². The largest absolute Gasteiger partial charge is 0.497 e. The molecular formula is C19H21ClN3OS+. The summed E-state index contributed by atoms with van der Waals surface area (Å²) < 4.78 is 5.17. The third-order valence-electron chi connectivity index (χ3n) is 3.97. The van der Waals surface area contributed by atoms with Crippen molar-refractivity contribution in [2.75, 3.05) is 12.4 Å². The van der Waals surface area contributed by atoms with Crippen LogP contribution in [0.5, 0.6) is 5.75 Å². The average Bonchev–Trinajstić information content (AvgIpc) is 3.08. The van der Waals surface area contributed by atoms with Crippen molar-refractivity contribution < 1.29 is 10.1 Å². The van der Waals surface area contributed by atoms with Crippen molar-refractivity contribution in [2.24, 2.45) is 0 Å². The normalized spacial score (nSPS) is 12.0. The summed E-state index contributed by atoms with van der Waals surface area (Å²) in [6.07, 6.45) is 0. The molecule has 3 aromatic rings. The van der Waals surface area contributed by atoms with Gasteiger partial charge in [-0.05, 0) is 37.3 Å². The molecule has 25 heavy (non-hydrogen) atoms. The van der Waals surface area contributed by atoms with Crippen LogP contribution in [0.25, 0.3) is 0 Å². The van der Waals surface area contributed by atoms with Crippen LogP contribution in [0.15, 0.2) is 53.9 Å². The first-order valence-corrected chi connectivity index (χ1v) is 9.34. The highest BCUT2D eigenvalue weighted by Crippen LogP contribution is 2.23. The molecule has 0 radical (unpaired) electrons. The second-order valence-electron chi connectivity index (χ2n) is 5.75. The van der Waals surface area contributed by atoms with Gasteiger partial charge in [0.1, 0.15) is 24.0 Å². The predicted molar refractivity (Wildman–Crippen MR) is 104 cm³/mol. The maximum Gasteiger partial charge on any atom is 0.187 e. The standard InChI is InChI=1S/C19H20ClN3OS/c1-13(17-5-3-4-6-18(17)20)21-11-15-12-25-19(23-15)22-14-7-9-16(24-2)10-8-14/h3-10,12-13,21H,11H2,1-2H3,(H,22,23)/p+1/t13-/m0/s1. The van der Waals surface area contributed by atoms with Crippen molar-refractivity contribution >= 4 is 33.8 Å². The van der Waals surface area contributed by atoms with Gasteiger partial charge in [0.15, 0.2) is 5.13 Å². The van der Waals surface area contributed by atoms with Crippen LogP contribution in [0.2, 0.25) is 5.02 Å². The van der Waals surface area contributed by atoms with Gasteiger partial charge < -0.3 is 15.4 Å². The Labute approximate surface area is 156 Å². The Balaban J connectivity index is 1.57. The monoisotopic (exact) mass is 374 g/mol. The zero-order chi connectivity index (χ0) is 17.6. The van der Waals surface area contributed by atoms with E-state index in [9.17, 15) is 0 Å². The fourth-order valence-corrected chi connectivity index (χ4v) is 3.58. The molecule has 0 saturated heterocycles. The number of thiazole rings is 1. The molecular weight excluding hydrogens is 354 g/mol. The number of anilines is 2. The van der Waals surface area contributed by atoms with E-state index in [1.165, 1.54) is 0 Å². The van der Waals surface area contributed by atoms with Crippen LogP contribution in [-0.4, -0.2) is 12.1 Å². The van der Waals surface area contributed by atoms with Gasteiger partial charge in [0.25, 0.3) is 0 Å². The Morgan fingerprint density at radius 2 is 1.96 bits per heavy atom. The number of hydrogen-bond donors (Lipinski definition) is 2. The number of hydrogen-bond acceptors (Lipinski definition) is 4. The molecule has 0 fully saturated rings. The number of nitrogens with zero attached hydrogens (tertiary/aromatic N) is 1. The van der Waals surface area contributed by atoms with Gasteiger partial charge >= 0.3 is 0 Å². The van der Waals surface area contributed by atoms with Crippen molar-refractivity contribution in [3.63, 3.8) is 0 Å². The lowest BCUT2D eigenvalue weighted by Gasteiger charge is -2.11. The number of halogens is 1. The fourth-order valence-electron chi connectivity index (χ4n) is 2.52. The maximum absolute atomic E-state index is 6.26. The summed E-state index contributed by atoms with van der Waals surface area (Å²) in [5, 5.41) is 9.35. The Bertz CT molecular complexity index is 820. The van der Waals surface area contributed by atoms with Gasteiger partial charge in [0, 0.05) is 21.7 Å². The highest BCUT2D eigenvalue weighted by molar-refractivity contribution is 7.13. The third-order valence-corrected chi connectivity index (χ3v) is 5.12. The van der Waals surface area contributed by atoms with E-state index in [-0.39, 0.29) is 6.04 Å². The first-order chi connectivity index (χ1) is 12.2. The van der Waals surface area contributed by atoms with E-state index in [1.807, 2.05) is 42.5 Å². The number of aromatic nitrogens is 1. The van der Waals surface area contributed by atoms with Crippen molar-refractivity contribution in [2.45, 2.75) is 19.5 Å². The van der Waals surface area contributed by atoms with Crippen LogP contribution in [0.4, 0.5) is 10.8 Å². The SMILES string of the molecule is COc1ccc(Nc2nc(C[NH2+][C@@H](C)c3ccccc3Cl)cs2)cc1. The number of benzene rings is 2. The minimum Gasteiger partial charge on any atom is -0.497 e. The summed E-state index contributed by atoms with van der Waals surface area (Å²) in [5.74, 6) is 0.841. The second kappa shape index (κ2) is 8.34. The number of methoxy groups -OCH3 is 1. The quantitative estimate of drug-likeness (QED) is 0.645. The molecule has 1 atom stereocenters. The molecule has 0 amide bonds. The van der Waals surface area contributed by atoms with Crippen LogP contribution in [-0.2, 0) is 6.54 Å². The van der Waals surface area contributed by atoms with E-state index in [2.05, 4.69) is 34.0 Å². The molecule has 130 valence electrons. The molecule has 6 heteroatoms. The Hall–Kier alpha value is -2.08. The van der Waals surface area contributed by atoms with E-state index in [0.29, 0.717) is 0 Å². The number of nitrogens with one attached hydrogen (secondary N) is 1. The number of nitrogens with two attached hydrogens (primary N) is 1. The summed E-state index contributed by atoms with van der Waals surface area (Å²) in [4.78, 5) is 4.65. The molecule has 2 aromatic carbocycles. The molecule has 0 aliphatic rings. The molecule has 0 spiro atoms. The Morgan fingerprint density at radius 3 is 2.68 bits per heavy atom. The van der Waals surface area contributed by atoms with Crippen molar-refractivity contribution in [1.82, 2.24) is 4.98 Å². The second-order valence-corrected chi connectivity index (χ2v) is 7.01. The number of rotatable bonds is 7. The Kier molecular flexibility index (Phi) is 5.91. The first-order valence-electron chi connectivity index (χ1n) is 8.09. The molecule has 1 aromatic heterocycles. The lowest BCUT2D eigenvalue weighted by atomic mass is 10.1. The molecule has 0 saturated carbocycles. The van der Waals surface area contributed by atoms with E-state index in [0.717, 1.165) is 39.4 Å². The van der Waals surface area contributed by atoms with E-state index in [1.54, 1.807) is 18.4 Å². The van der Waals surface area contributed by atoms with Crippen LogP contribution in [0.3, 0.4) is 0 Å². The third kappa shape index (κ3) is 4.72. The predicted octanol–water partition coefficient (Wildman–Crippen LogP) is 4.37. The van der Waals surface area contributed by atoms with Gasteiger partial charge in [-0.3, -0.25) is 0 Å². The number of ether oxygens (including phenoxy) is 1. The number of quaternary nitrogens is 1. The zero-order valence-corrected chi connectivity index (χ0v) is 15.8. The minimum absolute atomic E-state index is 0.286. The van der Waals surface area contributed by atoms with Gasteiger partial charge in [-0.1, -0.05) is 29.8 Å². The van der Waals surface area contributed by atoms with Crippen LogP contribution >= 0.6 is 22.9 Å². The van der Waals surface area contributed by atoms with E-state index >= 15 is 0 Å². The Morgan fingerprint density at radius 1 is 1.20 bits per heavy atom. The summed E-state index contributed by atoms with van der Waals surface area (Å²) in [7, 11) is 1.66. The smallest absolute Gasteiger partial charge is 0.187 e. The molecule has 0 aliphatic heterocycles. The van der Waals surface area contributed by atoms with Gasteiger partial charge in [-0.15, -0.1) is 11.3 Å². The molecule has 1 heterocycles. The minimum atomic E-state index is 0.286. The van der Waals surface area contributed by atoms with Crippen molar-refractivity contribution in [3.05, 3.63) is 70.2 Å². The summed E-state index contributed by atoms with van der Waals surface area (Å²) in [5.41, 5.74) is 3.20. The maximum atomic E-state index is 6.26. The van der Waals surface area contributed by atoms with Crippen LogP contribution < -0.4 is 15.4 Å². The van der Waals surface area contributed by atoms with Crippen molar-refractivity contribution in [3.8, 4) is 5.75 Å². The molecule has 3 rings (SSSR count). The molecule has 0 aliphatic carbocycles. The highest BCUT2D eigenvalue weighted by atomic mass is 35.5. The fraction of sp³-hybridized carbons (Fsp3) is 0.211. The first kappa shape index (κ1) is 17.7. The summed E-state index contributed by atoms with van der Waals surface area (Å²) in [6.45, 7) is 2.97. The molecule has 0 unspecified atom stereocenters. The van der Waals surface area contributed by atoms with Gasteiger partial charge in [0.05, 0.1) is 7.11 Å². The molecule has 0 bridgehead atoms. The lowest BCUT2D eigenvalue weighted by Crippen LogP contribution is -2.83. The van der Waals surface area contributed by atoms with Crippen LogP contribution in [0.1, 0.15) is 24.2 Å². The highest BCUT2D eigenvalue weighted by Gasteiger charge is 2.13. The summed E-state index contributed by atoms with van der Waals surface area (Å²) in [6, 6.07) is 16.1. The lowest BCUT2D eigenvalue weighted by molar-refractivity contribution is -0.708. The molecule has 4 nitrogen and oxygen atoms in total. The average molecular weight is 375 g/mol. The van der Waals surface area contributed by atoms with E-state index < -0.39 is 0 Å². The van der Waals surface area contributed by atoms with E-state index in [4.69, 9.17) is 16.3 Å². The topological polar surface area (TPSA) is 50.8 Å². The summed E-state index contributed by atoms with van der Waals surface area (Å²) >= 11 is 7.87. The van der Waals surface area contributed by atoms with Crippen LogP contribution in [0, 0.1) is 0 Å². The van der Waals surface area contributed by atoms with Gasteiger partial charge in [-0.2, -0.15) is 0 Å². The zero-order valence-electron chi connectivity index (χ0n) is 14.2. The van der Waals surface area contributed by atoms with Crippen molar-refractivity contribution in [1.29, 1.82) is 0 Å². The molecule has 3 N–H and O–H groups in total.